The highest BCUT2D eigenvalue weighted by atomic mass is 32.2. The van der Waals surface area contributed by atoms with Gasteiger partial charge in [-0.25, -0.2) is 13.0 Å². The van der Waals surface area contributed by atoms with Gasteiger partial charge < -0.3 is 15.2 Å². The van der Waals surface area contributed by atoms with E-state index in [4.69, 9.17) is 4.74 Å². The first kappa shape index (κ1) is 21.5. The Hall–Kier alpha value is -2.75. The van der Waals surface area contributed by atoms with Gasteiger partial charge in [-0.15, -0.1) is 0 Å². The number of benzene rings is 1. The Balaban J connectivity index is 1.73. The Morgan fingerprint density at radius 3 is 2.74 bits per heavy atom. The number of ether oxygens (including phenoxy) is 1. The van der Waals surface area contributed by atoms with Crippen LogP contribution in [0.1, 0.15) is 18.4 Å². The number of aliphatic carboxylic acids is 1. The highest BCUT2D eigenvalue weighted by Crippen LogP contribution is 2.32. The van der Waals surface area contributed by atoms with E-state index < -0.39 is 17.0 Å². The molecule has 1 fully saturated rings. The molecule has 0 spiro atoms. The van der Waals surface area contributed by atoms with Crippen molar-refractivity contribution >= 4 is 28.2 Å². The first-order valence-corrected chi connectivity index (χ1v) is 11.3. The van der Waals surface area contributed by atoms with Crippen LogP contribution >= 0.6 is 0 Å². The summed E-state index contributed by atoms with van der Waals surface area (Å²) in [5, 5.41) is 16.6. The molecule has 8 nitrogen and oxygen atoms in total. The van der Waals surface area contributed by atoms with Crippen molar-refractivity contribution in [2.75, 3.05) is 32.6 Å². The maximum Gasteiger partial charge on any atom is 0.307 e. The molecule has 0 saturated carbocycles. The van der Waals surface area contributed by atoms with E-state index in [2.05, 4.69) is 10.4 Å². The SMILES string of the molecule is CNc1ccc(-c2ccn3ncc(CC(=O)O)c3c2)c(S(=O)N2CCC(OC)CC2)c1. The van der Waals surface area contributed by atoms with Gasteiger partial charge in [0, 0.05) is 44.7 Å². The van der Waals surface area contributed by atoms with Crippen molar-refractivity contribution in [2.45, 2.75) is 30.3 Å². The maximum absolute atomic E-state index is 13.6. The quantitative estimate of drug-likeness (QED) is 0.584. The van der Waals surface area contributed by atoms with Crippen LogP contribution in [0.3, 0.4) is 0 Å². The fraction of sp³-hybridized carbons (Fsp3) is 0.364. The molecule has 0 aliphatic carbocycles. The van der Waals surface area contributed by atoms with Crippen LogP contribution in [0.4, 0.5) is 5.69 Å². The second kappa shape index (κ2) is 9.17. The minimum absolute atomic E-state index is 0.0983. The zero-order valence-corrected chi connectivity index (χ0v) is 18.4. The normalized spacial score (nSPS) is 16.5. The van der Waals surface area contributed by atoms with E-state index in [0.29, 0.717) is 18.7 Å². The average molecular weight is 443 g/mol. The van der Waals surface area contributed by atoms with Gasteiger partial charge in [-0.3, -0.25) is 4.79 Å². The van der Waals surface area contributed by atoms with E-state index in [9.17, 15) is 14.1 Å². The zero-order chi connectivity index (χ0) is 22.0. The van der Waals surface area contributed by atoms with Gasteiger partial charge in [-0.2, -0.15) is 5.10 Å². The fourth-order valence-electron chi connectivity index (χ4n) is 3.93. The summed E-state index contributed by atoms with van der Waals surface area (Å²) in [6.45, 7) is 1.41. The van der Waals surface area contributed by atoms with Gasteiger partial charge in [0.05, 0.1) is 29.1 Å². The van der Waals surface area contributed by atoms with Crippen molar-refractivity contribution in [1.82, 2.24) is 13.9 Å². The molecule has 1 atom stereocenters. The summed E-state index contributed by atoms with van der Waals surface area (Å²) >= 11 is 0. The lowest BCUT2D eigenvalue weighted by molar-refractivity contribution is -0.136. The minimum Gasteiger partial charge on any atom is -0.481 e. The number of pyridine rings is 1. The van der Waals surface area contributed by atoms with Gasteiger partial charge >= 0.3 is 5.97 Å². The van der Waals surface area contributed by atoms with E-state index >= 15 is 0 Å². The smallest absolute Gasteiger partial charge is 0.307 e. The largest absolute Gasteiger partial charge is 0.481 e. The second-order valence-electron chi connectivity index (χ2n) is 7.56. The van der Waals surface area contributed by atoms with Gasteiger partial charge in [-0.1, -0.05) is 6.07 Å². The number of aromatic nitrogens is 2. The lowest BCUT2D eigenvalue weighted by Gasteiger charge is -2.30. The molecular formula is C22H26N4O4S. The Kier molecular flexibility index (Phi) is 6.35. The Labute approximate surface area is 183 Å². The van der Waals surface area contributed by atoms with Gasteiger partial charge in [0.15, 0.2) is 0 Å². The molecule has 0 amide bonds. The molecular weight excluding hydrogens is 416 g/mol. The standard InChI is InChI=1S/C22H26N4O4S/c1-23-17-3-4-19(21(13-17)31(29)25-8-6-18(30-2)7-9-25)15-5-10-26-20(11-15)16(14-24-26)12-22(27)28/h3-5,10-11,13-14,18,23H,6-9,12H2,1-2H3,(H,27,28). The van der Waals surface area contributed by atoms with Crippen LogP contribution < -0.4 is 5.32 Å². The van der Waals surface area contributed by atoms with E-state index in [1.54, 1.807) is 24.0 Å². The first-order chi connectivity index (χ1) is 15.0. The third-order valence-electron chi connectivity index (χ3n) is 5.68. The molecule has 2 N–H and O–H groups in total. The monoisotopic (exact) mass is 442 g/mol. The molecule has 31 heavy (non-hydrogen) atoms. The van der Waals surface area contributed by atoms with Crippen molar-refractivity contribution in [3.05, 3.63) is 48.3 Å². The predicted molar refractivity (Wildman–Crippen MR) is 120 cm³/mol. The predicted octanol–water partition coefficient (Wildman–Crippen LogP) is 2.80. The third kappa shape index (κ3) is 4.48. The first-order valence-electron chi connectivity index (χ1n) is 10.2. The fourth-order valence-corrected chi connectivity index (χ4v) is 5.35. The van der Waals surface area contributed by atoms with Crippen LogP contribution in [0.2, 0.25) is 0 Å². The number of hydrogen-bond donors (Lipinski definition) is 2. The molecule has 0 bridgehead atoms. The van der Waals surface area contributed by atoms with Gasteiger partial charge in [0.25, 0.3) is 0 Å². The van der Waals surface area contributed by atoms with Crippen molar-refractivity contribution < 1.29 is 18.8 Å². The summed E-state index contributed by atoms with van der Waals surface area (Å²) in [6, 6.07) is 9.66. The van der Waals surface area contributed by atoms with Crippen LogP contribution in [-0.2, 0) is 26.9 Å². The zero-order valence-electron chi connectivity index (χ0n) is 17.6. The lowest BCUT2D eigenvalue weighted by atomic mass is 10.0. The molecule has 1 aliphatic heterocycles. The Bertz CT molecular complexity index is 1120. The molecule has 4 rings (SSSR count). The molecule has 1 aromatic carbocycles. The number of anilines is 1. The number of rotatable bonds is 7. The number of carboxylic acids is 1. The van der Waals surface area contributed by atoms with Crippen LogP contribution in [0.25, 0.3) is 16.6 Å². The van der Waals surface area contributed by atoms with Crippen LogP contribution in [0.15, 0.2) is 47.6 Å². The molecule has 0 radical (unpaired) electrons. The van der Waals surface area contributed by atoms with E-state index in [1.165, 1.54) is 0 Å². The average Bonchev–Trinajstić information content (AvgIpc) is 3.19. The molecule has 3 aromatic rings. The van der Waals surface area contributed by atoms with Gasteiger partial charge in [0.2, 0.25) is 0 Å². The van der Waals surface area contributed by atoms with E-state index in [-0.39, 0.29) is 12.5 Å². The second-order valence-corrected chi connectivity index (χ2v) is 9.01. The molecule has 9 heteroatoms. The molecule has 1 saturated heterocycles. The van der Waals surface area contributed by atoms with Gasteiger partial charge in [0.1, 0.15) is 11.0 Å². The van der Waals surface area contributed by atoms with Crippen molar-refractivity contribution in [3.8, 4) is 11.1 Å². The van der Waals surface area contributed by atoms with Crippen molar-refractivity contribution in [2.24, 2.45) is 0 Å². The van der Waals surface area contributed by atoms with E-state index in [0.717, 1.165) is 40.1 Å². The van der Waals surface area contributed by atoms with Crippen LogP contribution in [0, 0.1) is 0 Å². The number of hydrogen-bond acceptors (Lipinski definition) is 5. The Morgan fingerprint density at radius 1 is 1.29 bits per heavy atom. The molecule has 3 heterocycles. The van der Waals surface area contributed by atoms with Crippen molar-refractivity contribution in [3.63, 3.8) is 0 Å². The number of piperidine rings is 1. The summed E-state index contributed by atoms with van der Waals surface area (Å²) in [5.74, 6) is -0.903. The third-order valence-corrected chi connectivity index (χ3v) is 7.23. The van der Waals surface area contributed by atoms with Crippen molar-refractivity contribution in [1.29, 1.82) is 0 Å². The molecule has 164 valence electrons. The Morgan fingerprint density at radius 2 is 2.06 bits per heavy atom. The number of fused-ring (bicyclic) bond motifs is 1. The van der Waals surface area contributed by atoms with E-state index in [1.807, 2.05) is 41.7 Å². The number of carboxylic acid groups (broad SMARTS) is 1. The molecule has 2 aromatic heterocycles. The highest BCUT2D eigenvalue weighted by Gasteiger charge is 2.25. The highest BCUT2D eigenvalue weighted by molar-refractivity contribution is 7.82. The molecule has 1 aliphatic rings. The topological polar surface area (TPSA) is 96.2 Å². The summed E-state index contributed by atoms with van der Waals surface area (Å²) in [4.78, 5) is 11.9. The number of nitrogens with zero attached hydrogens (tertiary/aromatic N) is 3. The van der Waals surface area contributed by atoms with Crippen LogP contribution in [0.5, 0.6) is 0 Å². The summed E-state index contributed by atoms with van der Waals surface area (Å²) in [7, 11) is 2.23. The number of nitrogens with one attached hydrogen (secondary N) is 1. The number of carbonyl (C=O) groups is 1. The van der Waals surface area contributed by atoms with Gasteiger partial charge in [-0.05, 0) is 48.2 Å². The molecule has 1 unspecified atom stereocenters. The number of methoxy groups -OCH3 is 1. The summed E-state index contributed by atoms with van der Waals surface area (Å²) < 4.78 is 22.6. The summed E-state index contributed by atoms with van der Waals surface area (Å²) in [6.07, 6.45) is 5.20. The summed E-state index contributed by atoms with van der Waals surface area (Å²) in [5.41, 5.74) is 3.99. The lowest BCUT2D eigenvalue weighted by Crippen LogP contribution is -2.37. The minimum atomic E-state index is -1.33. The maximum atomic E-state index is 13.6. The van der Waals surface area contributed by atoms with Crippen LogP contribution in [-0.4, -0.2) is 62.6 Å².